The molecular weight excluding hydrogens is 409 g/mol. The van der Waals surface area contributed by atoms with Crippen molar-refractivity contribution >= 4 is 21.6 Å². The SMILES string of the molecule is O=C(NCCCCN1CCOCC1)c1ccc(S(=O)(=O)Nc2ccccc2F)cc1. The maximum atomic E-state index is 13.7. The number of nitrogens with zero attached hydrogens (tertiary/aromatic N) is 1. The van der Waals surface area contributed by atoms with Crippen LogP contribution < -0.4 is 10.0 Å². The molecule has 2 N–H and O–H groups in total. The topological polar surface area (TPSA) is 87.7 Å². The van der Waals surface area contributed by atoms with Crippen LogP contribution in [0, 0.1) is 5.82 Å². The van der Waals surface area contributed by atoms with Gasteiger partial charge in [0.05, 0.1) is 23.8 Å². The number of halogens is 1. The van der Waals surface area contributed by atoms with Crippen molar-refractivity contribution in [2.45, 2.75) is 17.7 Å². The number of unbranched alkanes of at least 4 members (excludes halogenated alkanes) is 1. The molecule has 0 aromatic heterocycles. The zero-order valence-corrected chi connectivity index (χ0v) is 17.5. The number of carbonyl (C=O) groups is 1. The Labute approximate surface area is 176 Å². The molecule has 0 atom stereocenters. The summed E-state index contributed by atoms with van der Waals surface area (Å²) in [4.78, 5) is 14.6. The number of morpholine rings is 1. The first kappa shape index (κ1) is 22.2. The molecule has 1 aliphatic rings. The summed E-state index contributed by atoms with van der Waals surface area (Å²) in [6.45, 7) is 5.00. The average Bonchev–Trinajstić information content (AvgIpc) is 2.76. The molecule has 0 spiro atoms. The highest BCUT2D eigenvalue weighted by Gasteiger charge is 2.17. The van der Waals surface area contributed by atoms with Crippen molar-refractivity contribution in [1.82, 2.24) is 10.2 Å². The van der Waals surface area contributed by atoms with Crippen molar-refractivity contribution in [2.75, 3.05) is 44.1 Å². The Morgan fingerprint density at radius 3 is 2.43 bits per heavy atom. The Morgan fingerprint density at radius 1 is 1.03 bits per heavy atom. The fourth-order valence-corrected chi connectivity index (χ4v) is 4.19. The third-order valence-corrected chi connectivity index (χ3v) is 6.22. The quantitative estimate of drug-likeness (QED) is 0.591. The van der Waals surface area contributed by atoms with E-state index in [0.717, 1.165) is 45.7 Å². The summed E-state index contributed by atoms with van der Waals surface area (Å²) in [5.74, 6) is -0.918. The molecule has 7 nitrogen and oxygen atoms in total. The van der Waals surface area contributed by atoms with Crippen molar-refractivity contribution in [2.24, 2.45) is 0 Å². The fourth-order valence-electron chi connectivity index (χ4n) is 3.12. The Balaban J connectivity index is 1.47. The number of anilines is 1. The van der Waals surface area contributed by atoms with Gasteiger partial charge in [-0.3, -0.25) is 14.4 Å². The van der Waals surface area contributed by atoms with E-state index in [1.807, 2.05) is 0 Å². The van der Waals surface area contributed by atoms with E-state index in [-0.39, 0.29) is 16.5 Å². The second kappa shape index (κ2) is 10.5. The molecule has 3 rings (SSSR count). The van der Waals surface area contributed by atoms with Crippen LogP contribution in [0.15, 0.2) is 53.4 Å². The van der Waals surface area contributed by atoms with E-state index in [1.54, 1.807) is 0 Å². The molecular formula is C21H26FN3O4S. The van der Waals surface area contributed by atoms with Crippen molar-refractivity contribution in [3.05, 3.63) is 59.9 Å². The lowest BCUT2D eigenvalue weighted by Crippen LogP contribution is -2.37. The summed E-state index contributed by atoms with van der Waals surface area (Å²) < 4.78 is 46.1. The number of amides is 1. The van der Waals surface area contributed by atoms with Crippen LogP contribution in [0.1, 0.15) is 23.2 Å². The summed E-state index contributed by atoms with van der Waals surface area (Å²) >= 11 is 0. The molecule has 0 radical (unpaired) electrons. The second-order valence-corrected chi connectivity index (χ2v) is 8.71. The molecule has 1 amide bonds. The predicted molar refractivity (Wildman–Crippen MR) is 112 cm³/mol. The van der Waals surface area contributed by atoms with Gasteiger partial charge in [-0.25, -0.2) is 12.8 Å². The lowest BCUT2D eigenvalue weighted by Gasteiger charge is -2.26. The van der Waals surface area contributed by atoms with Gasteiger partial charge in [-0.05, 0) is 55.8 Å². The number of carbonyl (C=O) groups excluding carboxylic acids is 1. The van der Waals surface area contributed by atoms with Crippen molar-refractivity contribution in [3.8, 4) is 0 Å². The molecule has 1 saturated heterocycles. The number of ether oxygens (including phenoxy) is 1. The average molecular weight is 436 g/mol. The van der Waals surface area contributed by atoms with Crippen LogP contribution in [0.25, 0.3) is 0 Å². The molecule has 30 heavy (non-hydrogen) atoms. The molecule has 1 fully saturated rings. The zero-order chi connectivity index (χ0) is 21.4. The van der Waals surface area contributed by atoms with Gasteiger partial charge in [-0.2, -0.15) is 0 Å². The summed E-state index contributed by atoms with van der Waals surface area (Å²) in [5, 5.41) is 2.85. The molecule has 2 aromatic rings. The number of sulfonamides is 1. The molecule has 2 aromatic carbocycles. The van der Waals surface area contributed by atoms with Gasteiger partial charge < -0.3 is 10.1 Å². The summed E-state index contributed by atoms with van der Waals surface area (Å²) in [7, 11) is -3.95. The molecule has 162 valence electrons. The fraction of sp³-hybridized carbons (Fsp3) is 0.381. The Bertz CT molecular complexity index is 945. The first-order valence-corrected chi connectivity index (χ1v) is 11.4. The molecule has 1 aliphatic heterocycles. The van der Waals surface area contributed by atoms with Crippen LogP contribution in [0.3, 0.4) is 0 Å². The summed E-state index contributed by atoms with van der Waals surface area (Å²) in [6, 6.07) is 11.1. The minimum absolute atomic E-state index is 0.0483. The summed E-state index contributed by atoms with van der Waals surface area (Å²) in [6.07, 6.45) is 1.85. The minimum atomic E-state index is -3.95. The highest BCUT2D eigenvalue weighted by molar-refractivity contribution is 7.92. The van der Waals surface area contributed by atoms with Gasteiger partial charge in [0.15, 0.2) is 0 Å². The zero-order valence-electron chi connectivity index (χ0n) is 16.6. The van der Waals surface area contributed by atoms with E-state index < -0.39 is 15.8 Å². The minimum Gasteiger partial charge on any atom is -0.379 e. The van der Waals surface area contributed by atoms with E-state index in [2.05, 4.69) is 14.9 Å². The lowest BCUT2D eigenvalue weighted by atomic mass is 10.2. The molecule has 9 heteroatoms. The number of hydrogen-bond acceptors (Lipinski definition) is 5. The Kier molecular flexibility index (Phi) is 7.78. The molecule has 0 aliphatic carbocycles. The lowest BCUT2D eigenvalue weighted by molar-refractivity contribution is 0.0372. The van der Waals surface area contributed by atoms with Crippen LogP contribution >= 0.6 is 0 Å². The van der Waals surface area contributed by atoms with Crippen LogP contribution in [0.5, 0.6) is 0 Å². The predicted octanol–water partition coefficient (Wildman–Crippen LogP) is 2.47. The normalized spacial score (nSPS) is 15.0. The maximum Gasteiger partial charge on any atom is 0.261 e. The monoisotopic (exact) mass is 435 g/mol. The molecule has 0 unspecified atom stereocenters. The van der Waals surface area contributed by atoms with Gasteiger partial charge >= 0.3 is 0 Å². The van der Waals surface area contributed by atoms with E-state index in [0.29, 0.717) is 12.1 Å². The van der Waals surface area contributed by atoms with Gasteiger partial charge in [-0.15, -0.1) is 0 Å². The van der Waals surface area contributed by atoms with E-state index in [1.165, 1.54) is 48.5 Å². The Morgan fingerprint density at radius 2 is 1.73 bits per heavy atom. The van der Waals surface area contributed by atoms with E-state index in [9.17, 15) is 17.6 Å². The smallest absolute Gasteiger partial charge is 0.261 e. The standard InChI is InChI=1S/C21H26FN3O4S/c22-19-5-1-2-6-20(19)24-30(27,28)18-9-7-17(8-10-18)21(26)23-11-3-4-12-25-13-15-29-16-14-25/h1-2,5-10,24H,3-4,11-16H2,(H,23,26). The van der Waals surface area contributed by atoms with E-state index >= 15 is 0 Å². The number of benzene rings is 2. The number of para-hydroxylation sites is 1. The van der Waals surface area contributed by atoms with Gasteiger partial charge in [0.25, 0.3) is 15.9 Å². The molecule has 1 heterocycles. The van der Waals surface area contributed by atoms with Crippen LogP contribution in [-0.2, 0) is 14.8 Å². The van der Waals surface area contributed by atoms with Gasteiger partial charge in [0.1, 0.15) is 5.82 Å². The van der Waals surface area contributed by atoms with Crippen molar-refractivity contribution in [1.29, 1.82) is 0 Å². The van der Waals surface area contributed by atoms with Crippen molar-refractivity contribution < 1.29 is 22.3 Å². The summed E-state index contributed by atoms with van der Waals surface area (Å²) in [5.41, 5.74) is 0.240. The van der Waals surface area contributed by atoms with Gasteiger partial charge in [0.2, 0.25) is 0 Å². The van der Waals surface area contributed by atoms with Crippen LogP contribution in [-0.4, -0.2) is 58.6 Å². The van der Waals surface area contributed by atoms with E-state index in [4.69, 9.17) is 4.74 Å². The maximum absolute atomic E-state index is 13.7. The first-order chi connectivity index (χ1) is 14.5. The number of rotatable bonds is 9. The largest absolute Gasteiger partial charge is 0.379 e. The second-order valence-electron chi connectivity index (χ2n) is 7.03. The van der Waals surface area contributed by atoms with Gasteiger partial charge in [-0.1, -0.05) is 12.1 Å². The molecule has 0 saturated carbocycles. The molecule has 0 bridgehead atoms. The van der Waals surface area contributed by atoms with Crippen molar-refractivity contribution in [3.63, 3.8) is 0 Å². The number of hydrogen-bond donors (Lipinski definition) is 2. The Hall–Kier alpha value is -2.49. The first-order valence-electron chi connectivity index (χ1n) is 9.91. The van der Waals surface area contributed by atoms with Gasteiger partial charge in [0, 0.05) is 25.2 Å². The highest BCUT2D eigenvalue weighted by atomic mass is 32.2. The number of nitrogens with one attached hydrogen (secondary N) is 2. The van der Waals surface area contributed by atoms with Crippen LogP contribution in [0.2, 0.25) is 0 Å². The third kappa shape index (κ3) is 6.25. The van der Waals surface area contributed by atoms with Crippen LogP contribution in [0.4, 0.5) is 10.1 Å². The third-order valence-electron chi connectivity index (χ3n) is 4.84. The highest BCUT2D eigenvalue weighted by Crippen LogP contribution is 2.19.